The molecule has 0 aliphatic heterocycles. The van der Waals surface area contributed by atoms with E-state index in [1.807, 2.05) is 13.8 Å². The van der Waals surface area contributed by atoms with E-state index in [1.165, 1.54) is 12.8 Å². The number of Topliss-reactive ketones (excluding diaryl/α,β-unsaturated/α-hetero) is 1. The van der Waals surface area contributed by atoms with Gasteiger partial charge in [-0.25, -0.2) is 4.79 Å². The monoisotopic (exact) mass is 469 g/mol. The first-order chi connectivity index (χ1) is 15.4. The molecule has 7 heteroatoms. The first kappa shape index (κ1) is 31.3. The van der Waals surface area contributed by atoms with Gasteiger partial charge in [-0.15, -0.1) is 0 Å². The van der Waals surface area contributed by atoms with Crippen molar-refractivity contribution in [2.24, 2.45) is 5.92 Å². The molecule has 0 aromatic heterocycles. The second-order valence-corrected chi connectivity index (χ2v) is 9.65. The van der Waals surface area contributed by atoms with Gasteiger partial charge in [0.15, 0.2) is 5.78 Å². The summed E-state index contributed by atoms with van der Waals surface area (Å²) >= 11 is 0. The Bertz CT molecular complexity index is 626. The van der Waals surface area contributed by atoms with Gasteiger partial charge in [0, 0.05) is 18.6 Å². The number of ether oxygens (including phenoxy) is 3. The molecular formula is C26H47NO6. The van der Waals surface area contributed by atoms with Gasteiger partial charge in [-0.1, -0.05) is 39.7 Å². The standard InChI is InChI=1S/C26H47NO6/c1-9-11-14-21(10-2)19-33-25(5,6)22(28)15-12-13-17-32-26(7,8)24(30)27-16-18-31-23(29)20(3)4/h21H,3,9-19H2,1-2,4-8H3,(H,27,30). The number of esters is 1. The van der Waals surface area contributed by atoms with E-state index in [9.17, 15) is 14.4 Å². The summed E-state index contributed by atoms with van der Waals surface area (Å²) in [7, 11) is 0. The maximum absolute atomic E-state index is 12.6. The van der Waals surface area contributed by atoms with E-state index < -0.39 is 17.2 Å². The van der Waals surface area contributed by atoms with Crippen molar-refractivity contribution >= 4 is 17.7 Å². The maximum Gasteiger partial charge on any atom is 0.333 e. The van der Waals surface area contributed by atoms with Crippen LogP contribution in [0.4, 0.5) is 0 Å². The molecule has 1 amide bonds. The van der Waals surface area contributed by atoms with Crippen LogP contribution in [0.25, 0.3) is 0 Å². The molecule has 0 aromatic carbocycles. The van der Waals surface area contributed by atoms with Gasteiger partial charge in [0.2, 0.25) is 0 Å². The Morgan fingerprint density at radius 2 is 1.61 bits per heavy atom. The Hall–Kier alpha value is -1.73. The average Bonchev–Trinajstić information content (AvgIpc) is 2.75. The number of unbranched alkanes of at least 4 members (excludes halogenated alkanes) is 2. The number of carbonyl (C=O) groups excluding carboxylic acids is 3. The molecular weight excluding hydrogens is 422 g/mol. The summed E-state index contributed by atoms with van der Waals surface area (Å²) in [5, 5.41) is 2.70. The first-order valence-corrected chi connectivity index (χ1v) is 12.3. The zero-order chi connectivity index (χ0) is 25.5. The van der Waals surface area contributed by atoms with E-state index in [-0.39, 0.29) is 24.8 Å². The predicted molar refractivity (Wildman–Crippen MR) is 131 cm³/mol. The third kappa shape index (κ3) is 13.5. The van der Waals surface area contributed by atoms with Gasteiger partial charge in [-0.3, -0.25) is 9.59 Å². The highest BCUT2D eigenvalue weighted by Crippen LogP contribution is 2.20. The van der Waals surface area contributed by atoms with Crippen molar-refractivity contribution in [1.82, 2.24) is 5.32 Å². The largest absolute Gasteiger partial charge is 0.460 e. The molecule has 0 spiro atoms. The van der Waals surface area contributed by atoms with E-state index >= 15 is 0 Å². The molecule has 0 radical (unpaired) electrons. The van der Waals surface area contributed by atoms with Crippen LogP contribution in [0.5, 0.6) is 0 Å². The summed E-state index contributed by atoms with van der Waals surface area (Å²) in [6.45, 7) is 17.7. The van der Waals surface area contributed by atoms with Crippen molar-refractivity contribution in [3.63, 3.8) is 0 Å². The molecule has 0 saturated heterocycles. The Morgan fingerprint density at radius 3 is 2.18 bits per heavy atom. The summed E-state index contributed by atoms with van der Waals surface area (Å²) in [6, 6.07) is 0. The number of amides is 1. The van der Waals surface area contributed by atoms with Gasteiger partial charge in [0.25, 0.3) is 5.91 Å². The van der Waals surface area contributed by atoms with Crippen LogP contribution < -0.4 is 5.32 Å². The lowest BCUT2D eigenvalue weighted by molar-refractivity contribution is -0.145. The quantitative estimate of drug-likeness (QED) is 0.166. The zero-order valence-corrected chi connectivity index (χ0v) is 22.0. The molecule has 0 saturated carbocycles. The lowest BCUT2D eigenvalue weighted by atomic mass is 9.96. The van der Waals surface area contributed by atoms with Gasteiger partial charge in [-0.2, -0.15) is 0 Å². The summed E-state index contributed by atoms with van der Waals surface area (Å²) < 4.78 is 16.7. The van der Waals surface area contributed by atoms with E-state index in [4.69, 9.17) is 14.2 Å². The topological polar surface area (TPSA) is 90.9 Å². The molecule has 0 rings (SSSR count). The van der Waals surface area contributed by atoms with Gasteiger partial charge < -0.3 is 19.5 Å². The van der Waals surface area contributed by atoms with Crippen LogP contribution in [0.2, 0.25) is 0 Å². The molecule has 0 aromatic rings. The summed E-state index contributed by atoms with van der Waals surface area (Å²) in [6.07, 6.45) is 6.32. The molecule has 192 valence electrons. The van der Waals surface area contributed by atoms with Crippen molar-refractivity contribution in [2.75, 3.05) is 26.4 Å². The minimum Gasteiger partial charge on any atom is -0.460 e. The highest BCUT2D eigenvalue weighted by atomic mass is 16.5. The van der Waals surface area contributed by atoms with E-state index in [2.05, 4.69) is 25.7 Å². The van der Waals surface area contributed by atoms with Crippen LogP contribution in [0, 0.1) is 5.92 Å². The molecule has 0 aliphatic carbocycles. The molecule has 0 bridgehead atoms. The van der Waals surface area contributed by atoms with E-state index in [1.54, 1.807) is 20.8 Å². The number of nitrogens with one attached hydrogen (secondary N) is 1. The van der Waals surface area contributed by atoms with Gasteiger partial charge in [0.05, 0.1) is 13.2 Å². The molecule has 1 atom stereocenters. The SMILES string of the molecule is C=C(C)C(=O)OCCNC(=O)C(C)(C)OCCCCC(=O)C(C)(C)OCC(CC)CCCC. The molecule has 1 unspecified atom stereocenters. The fourth-order valence-corrected chi connectivity index (χ4v) is 3.03. The minimum absolute atomic E-state index is 0.0745. The minimum atomic E-state index is -1.02. The Labute approximate surface area is 201 Å². The highest BCUT2D eigenvalue weighted by Gasteiger charge is 2.30. The lowest BCUT2D eigenvalue weighted by Gasteiger charge is -2.27. The second kappa shape index (κ2) is 16.0. The highest BCUT2D eigenvalue weighted by molar-refractivity contribution is 5.87. The van der Waals surface area contributed by atoms with Crippen molar-refractivity contribution in [2.45, 2.75) is 105 Å². The van der Waals surface area contributed by atoms with Gasteiger partial charge in [-0.05, 0) is 59.8 Å². The fraction of sp³-hybridized carbons (Fsp3) is 0.808. The Morgan fingerprint density at radius 1 is 0.939 bits per heavy atom. The predicted octanol–water partition coefficient (Wildman–Crippen LogP) is 4.77. The summed E-state index contributed by atoms with van der Waals surface area (Å²) in [5.74, 6) is -0.177. The summed E-state index contributed by atoms with van der Waals surface area (Å²) in [5.41, 5.74) is -1.48. The molecule has 0 fully saturated rings. The average molecular weight is 470 g/mol. The van der Waals surface area contributed by atoms with Crippen LogP contribution in [-0.2, 0) is 28.6 Å². The maximum atomic E-state index is 12.6. The van der Waals surface area contributed by atoms with Crippen molar-refractivity contribution < 1.29 is 28.6 Å². The number of rotatable bonds is 19. The third-order valence-corrected chi connectivity index (χ3v) is 5.67. The molecule has 33 heavy (non-hydrogen) atoms. The van der Waals surface area contributed by atoms with Crippen LogP contribution in [0.15, 0.2) is 12.2 Å². The van der Waals surface area contributed by atoms with Crippen LogP contribution in [0.1, 0.15) is 93.4 Å². The number of ketones is 1. The second-order valence-electron chi connectivity index (χ2n) is 9.65. The van der Waals surface area contributed by atoms with Crippen LogP contribution in [0.3, 0.4) is 0 Å². The van der Waals surface area contributed by atoms with Gasteiger partial charge in [0.1, 0.15) is 17.8 Å². The first-order valence-electron chi connectivity index (χ1n) is 12.3. The van der Waals surface area contributed by atoms with Crippen molar-refractivity contribution in [1.29, 1.82) is 0 Å². The van der Waals surface area contributed by atoms with Gasteiger partial charge >= 0.3 is 5.97 Å². The molecule has 0 aliphatic rings. The van der Waals surface area contributed by atoms with Crippen molar-refractivity contribution in [3.05, 3.63) is 12.2 Å². The normalized spacial score (nSPS) is 12.8. The van der Waals surface area contributed by atoms with E-state index in [0.717, 1.165) is 12.8 Å². The zero-order valence-electron chi connectivity index (χ0n) is 22.0. The van der Waals surface area contributed by atoms with E-state index in [0.29, 0.717) is 44.0 Å². The number of carbonyl (C=O) groups is 3. The lowest BCUT2D eigenvalue weighted by Crippen LogP contribution is -2.45. The molecule has 7 nitrogen and oxygen atoms in total. The summed E-state index contributed by atoms with van der Waals surface area (Å²) in [4.78, 5) is 36.2. The van der Waals surface area contributed by atoms with Crippen LogP contribution >= 0.6 is 0 Å². The Kier molecular flexibility index (Phi) is 15.2. The van der Waals surface area contributed by atoms with Crippen molar-refractivity contribution in [3.8, 4) is 0 Å². The number of hydrogen-bond donors (Lipinski definition) is 1. The van der Waals surface area contributed by atoms with Crippen LogP contribution in [-0.4, -0.2) is 55.2 Å². The molecule has 0 heterocycles. The third-order valence-electron chi connectivity index (χ3n) is 5.67. The molecule has 1 N–H and O–H groups in total. The Balaban J connectivity index is 4.19. The smallest absolute Gasteiger partial charge is 0.333 e. The number of hydrogen-bond acceptors (Lipinski definition) is 6. The fourth-order valence-electron chi connectivity index (χ4n) is 3.03.